The molecule has 1 aromatic carbocycles. The van der Waals surface area contributed by atoms with Crippen LogP contribution in [0.3, 0.4) is 0 Å². The monoisotopic (exact) mass is 321 g/mol. The molecule has 1 amide bonds. The van der Waals surface area contributed by atoms with Crippen molar-refractivity contribution in [1.29, 1.82) is 0 Å². The van der Waals surface area contributed by atoms with Crippen molar-refractivity contribution >= 4 is 17.7 Å². The minimum absolute atomic E-state index is 0.0190. The Bertz CT molecular complexity index is 911. The SMILES string of the molecule is Cn1cc(C(=O)N2CCNc3ccccc3C2)c2c(c1=O)CC=C2. The Morgan fingerprint density at radius 1 is 1.25 bits per heavy atom. The van der Waals surface area contributed by atoms with Crippen LogP contribution in [0.15, 0.2) is 41.3 Å². The maximum atomic E-state index is 13.1. The second kappa shape index (κ2) is 5.67. The van der Waals surface area contributed by atoms with Crippen molar-refractivity contribution in [2.75, 3.05) is 18.4 Å². The topological polar surface area (TPSA) is 54.3 Å². The zero-order chi connectivity index (χ0) is 16.7. The molecule has 1 N–H and O–H groups in total. The molecule has 5 heteroatoms. The molecule has 2 heterocycles. The molecule has 122 valence electrons. The lowest BCUT2D eigenvalue weighted by Gasteiger charge is -2.22. The van der Waals surface area contributed by atoms with Gasteiger partial charge in [0, 0.05) is 44.1 Å². The summed E-state index contributed by atoms with van der Waals surface area (Å²) in [4.78, 5) is 27.2. The highest BCUT2D eigenvalue weighted by atomic mass is 16.2. The third-order valence-electron chi connectivity index (χ3n) is 4.72. The van der Waals surface area contributed by atoms with E-state index < -0.39 is 0 Å². The van der Waals surface area contributed by atoms with Gasteiger partial charge in [-0.05, 0) is 23.6 Å². The summed E-state index contributed by atoms with van der Waals surface area (Å²) < 4.78 is 1.52. The summed E-state index contributed by atoms with van der Waals surface area (Å²) in [5.41, 5.74) is 4.29. The fourth-order valence-electron chi connectivity index (χ4n) is 3.45. The number of para-hydroxylation sites is 1. The van der Waals surface area contributed by atoms with E-state index in [-0.39, 0.29) is 11.5 Å². The number of carbonyl (C=O) groups excluding carboxylic acids is 1. The Kier molecular flexibility index (Phi) is 3.49. The second-order valence-electron chi connectivity index (χ2n) is 6.27. The molecule has 0 saturated heterocycles. The standard InChI is InChI=1S/C19H19N3O2/c1-21-12-16(14-6-4-7-15(14)18(21)23)19(24)22-10-9-20-17-8-3-2-5-13(17)11-22/h2-6,8,12,20H,7,9-11H2,1H3. The molecule has 0 unspecified atom stereocenters. The molecule has 0 saturated carbocycles. The highest BCUT2D eigenvalue weighted by Gasteiger charge is 2.25. The Morgan fingerprint density at radius 3 is 2.96 bits per heavy atom. The molecule has 1 aliphatic carbocycles. The smallest absolute Gasteiger partial charge is 0.256 e. The summed E-state index contributed by atoms with van der Waals surface area (Å²) in [5, 5.41) is 3.37. The Hall–Kier alpha value is -2.82. The minimum atomic E-state index is -0.0214. The van der Waals surface area contributed by atoms with E-state index in [1.807, 2.05) is 41.3 Å². The second-order valence-corrected chi connectivity index (χ2v) is 6.27. The van der Waals surface area contributed by atoms with Gasteiger partial charge in [-0.25, -0.2) is 0 Å². The fraction of sp³-hybridized carbons (Fsp3) is 0.263. The van der Waals surface area contributed by atoms with E-state index in [1.165, 1.54) is 4.57 Å². The first kappa shape index (κ1) is 14.8. The van der Waals surface area contributed by atoms with E-state index in [0.717, 1.165) is 22.4 Å². The van der Waals surface area contributed by atoms with Gasteiger partial charge in [-0.3, -0.25) is 9.59 Å². The van der Waals surface area contributed by atoms with Crippen LogP contribution in [0.2, 0.25) is 0 Å². The number of hydrogen-bond donors (Lipinski definition) is 1. The van der Waals surface area contributed by atoms with Crippen LogP contribution in [0, 0.1) is 0 Å². The molecule has 1 aromatic heterocycles. The van der Waals surface area contributed by atoms with Crippen LogP contribution >= 0.6 is 0 Å². The van der Waals surface area contributed by atoms with Crippen molar-refractivity contribution in [3.63, 3.8) is 0 Å². The number of hydrogen-bond acceptors (Lipinski definition) is 3. The predicted molar refractivity (Wildman–Crippen MR) is 94.1 cm³/mol. The van der Waals surface area contributed by atoms with E-state index in [9.17, 15) is 9.59 Å². The zero-order valence-corrected chi connectivity index (χ0v) is 13.6. The fourth-order valence-corrected chi connectivity index (χ4v) is 3.45. The first-order chi connectivity index (χ1) is 11.6. The van der Waals surface area contributed by atoms with Gasteiger partial charge >= 0.3 is 0 Å². The van der Waals surface area contributed by atoms with Crippen molar-refractivity contribution in [2.24, 2.45) is 7.05 Å². The maximum absolute atomic E-state index is 13.1. The summed E-state index contributed by atoms with van der Waals surface area (Å²) >= 11 is 0. The number of benzene rings is 1. The van der Waals surface area contributed by atoms with Crippen LogP contribution in [-0.2, 0) is 20.0 Å². The third kappa shape index (κ3) is 2.33. The number of carbonyl (C=O) groups is 1. The first-order valence-corrected chi connectivity index (χ1v) is 8.15. The number of anilines is 1. The zero-order valence-electron chi connectivity index (χ0n) is 13.6. The van der Waals surface area contributed by atoms with Gasteiger partial charge in [0.25, 0.3) is 11.5 Å². The predicted octanol–water partition coefficient (Wildman–Crippen LogP) is 2.02. The van der Waals surface area contributed by atoms with Crippen LogP contribution in [0.25, 0.3) is 6.08 Å². The third-order valence-corrected chi connectivity index (χ3v) is 4.72. The van der Waals surface area contributed by atoms with Gasteiger partial charge in [-0.1, -0.05) is 30.4 Å². The average Bonchev–Trinajstić information content (AvgIpc) is 2.98. The first-order valence-electron chi connectivity index (χ1n) is 8.15. The number of fused-ring (bicyclic) bond motifs is 2. The van der Waals surface area contributed by atoms with Crippen LogP contribution in [-0.4, -0.2) is 28.5 Å². The number of nitrogens with one attached hydrogen (secondary N) is 1. The average molecular weight is 321 g/mol. The molecule has 0 atom stereocenters. The van der Waals surface area contributed by atoms with Gasteiger partial charge in [0.2, 0.25) is 0 Å². The Labute approximate surface area is 140 Å². The van der Waals surface area contributed by atoms with Crippen LogP contribution < -0.4 is 10.9 Å². The number of amides is 1. The lowest BCUT2D eigenvalue weighted by Crippen LogP contribution is -2.34. The molecular formula is C19H19N3O2. The number of pyridine rings is 1. The van der Waals surface area contributed by atoms with E-state index in [1.54, 1.807) is 13.2 Å². The maximum Gasteiger partial charge on any atom is 0.256 e. The largest absolute Gasteiger partial charge is 0.383 e. The molecular weight excluding hydrogens is 302 g/mol. The highest BCUT2D eigenvalue weighted by molar-refractivity contribution is 5.98. The van der Waals surface area contributed by atoms with Crippen molar-refractivity contribution in [3.8, 4) is 0 Å². The van der Waals surface area contributed by atoms with Gasteiger partial charge in [0.15, 0.2) is 0 Å². The minimum Gasteiger partial charge on any atom is -0.383 e. The number of allylic oxidation sites excluding steroid dienone is 1. The van der Waals surface area contributed by atoms with Gasteiger partial charge in [0.1, 0.15) is 0 Å². The Balaban J connectivity index is 1.73. The molecule has 5 nitrogen and oxygen atoms in total. The lowest BCUT2D eigenvalue weighted by molar-refractivity contribution is 0.0751. The molecule has 0 bridgehead atoms. The normalized spacial score (nSPS) is 15.5. The molecule has 1 aliphatic heterocycles. The molecule has 0 fully saturated rings. The number of rotatable bonds is 1. The van der Waals surface area contributed by atoms with E-state index in [0.29, 0.717) is 31.6 Å². The van der Waals surface area contributed by atoms with Crippen molar-refractivity contribution in [1.82, 2.24) is 9.47 Å². The Morgan fingerprint density at radius 2 is 2.08 bits per heavy atom. The molecule has 4 rings (SSSR count). The summed E-state index contributed by atoms with van der Waals surface area (Å²) in [6.45, 7) is 1.92. The van der Waals surface area contributed by atoms with E-state index in [4.69, 9.17) is 0 Å². The number of aromatic nitrogens is 1. The lowest BCUT2D eigenvalue weighted by atomic mass is 10.0. The molecule has 2 aromatic rings. The number of nitrogens with zero attached hydrogens (tertiary/aromatic N) is 2. The van der Waals surface area contributed by atoms with Crippen molar-refractivity contribution < 1.29 is 4.79 Å². The van der Waals surface area contributed by atoms with Crippen molar-refractivity contribution in [3.05, 3.63) is 69.1 Å². The molecule has 0 spiro atoms. The van der Waals surface area contributed by atoms with Crippen molar-refractivity contribution in [2.45, 2.75) is 13.0 Å². The molecule has 2 aliphatic rings. The van der Waals surface area contributed by atoms with E-state index in [2.05, 4.69) is 5.32 Å². The van der Waals surface area contributed by atoms with Gasteiger partial charge in [-0.2, -0.15) is 0 Å². The van der Waals surface area contributed by atoms with Gasteiger partial charge in [0.05, 0.1) is 5.56 Å². The quantitative estimate of drug-likeness (QED) is 0.874. The summed E-state index contributed by atoms with van der Waals surface area (Å²) in [7, 11) is 1.71. The molecule has 0 radical (unpaired) electrons. The molecule has 24 heavy (non-hydrogen) atoms. The summed E-state index contributed by atoms with van der Waals surface area (Å²) in [5.74, 6) is -0.0214. The summed E-state index contributed by atoms with van der Waals surface area (Å²) in [6.07, 6.45) is 6.12. The van der Waals surface area contributed by atoms with Crippen LogP contribution in [0.4, 0.5) is 5.69 Å². The van der Waals surface area contributed by atoms with Crippen LogP contribution in [0.1, 0.15) is 27.0 Å². The number of aryl methyl sites for hydroxylation is 1. The highest BCUT2D eigenvalue weighted by Crippen LogP contribution is 2.24. The van der Waals surface area contributed by atoms with E-state index >= 15 is 0 Å². The van der Waals surface area contributed by atoms with Gasteiger partial charge < -0.3 is 14.8 Å². The summed E-state index contributed by atoms with van der Waals surface area (Å²) in [6, 6.07) is 8.06. The van der Waals surface area contributed by atoms with Crippen LogP contribution in [0.5, 0.6) is 0 Å². The van der Waals surface area contributed by atoms with Gasteiger partial charge in [-0.15, -0.1) is 0 Å².